The number of aromatic nitrogens is 1. The van der Waals surface area contributed by atoms with E-state index in [0.717, 1.165) is 32.1 Å². The Bertz CT molecular complexity index is 1290. The van der Waals surface area contributed by atoms with Gasteiger partial charge in [-0.05, 0) is 42.0 Å². The van der Waals surface area contributed by atoms with Crippen LogP contribution in [-0.2, 0) is 24.4 Å². The lowest BCUT2D eigenvalue weighted by molar-refractivity contribution is -0.139. The molecule has 0 saturated heterocycles. The number of carboxylic acids is 1. The Morgan fingerprint density at radius 3 is 2.67 bits per heavy atom. The van der Waals surface area contributed by atoms with Crippen LogP contribution in [0.15, 0.2) is 71.3 Å². The molecule has 1 aromatic heterocycles. The summed E-state index contributed by atoms with van der Waals surface area (Å²) in [5.41, 5.74) is 3.58. The first kappa shape index (κ1) is 23.6. The van der Waals surface area contributed by atoms with E-state index in [1.165, 1.54) is 0 Å². The third-order valence-electron chi connectivity index (χ3n) is 5.36. The second-order valence-corrected chi connectivity index (χ2v) is 9.37. The van der Waals surface area contributed by atoms with Gasteiger partial charge >= 0.3 is 5.97 Å². The zero-order valence-corrected chi connectivity index (χ0v) is 20.5. The molecule has 33 heavy (non-hydrogen) atoms. The summed E-state index contributed by atoms with van der Waals surface area (Å²) in [6, 6.07) is 18.0. The predicted molar refractivity (Wildman–Crippen MR) is 135 cm³/mol. The third-order valence-corrected chi connectivity index (χ3v) is 6.44. The molecular weight excluding hydrogens is 527 g/mol. The lowest BCUT2D eigenvalue weighted by atomic mass is 10.0. The van der Waals surface area contributed by atoms with Crippen molar-refractivity contribution in [2.75, 3.05) is 0 Å². The van der Waals surface area contributed by atoms with Crippen molar-refractivity contribution >= 4 is 56.0 Å². The summed E-state index contributed by atoms with van der Waals surface area (Å²) in [5.74, 6) is -0.265. The number of carboxylic acid groups (broad SMARTS) is 1. The van der Waals surface area contributed by atoms with Crippen molar-refractivity contribution in [3.05, 3.63) is 98.1 Å². The van der Waals surface area contributed by atoms with Gasteiger partial charge in [-0.3, -0.25) is 10.1 Å². The summed E-state index contributed by atoms with van der Waals surface area (Å²) in [6.07, 6.45) is 2.22. The minimum atomic E-state index is -0.911. The second-order valence-electron chi connectivity index (χ2n) is 7.61. The number of aromatic amines is 1. The van der Waals surface area contributed by atoms with E-state index in [0.29, 0.717) is 28.8 Å². The van der Waals surface area contributed by atoms with E-state index < -0.39 is 12.0 Å². The van der Waals surface area contributed by atoms with E-state index in [2.05, 4.69) is 26.2 Å². The molecule has 1 heterocycles. The molecule has 170 valence electrons. The maximum Gasteiger partial charge on any atom is 0.321 e. The van der Waals surface area contributed by atoms with E-state index >= 15 is 0 Å². The summed E-state index contributed by atoms with van der Waals surface area (Å²) < 4.78 is 6.89. The predicted octanol–water partition coefficient (Wildman–Crippen LogP) is 6.60. The fourth-order valence-electron chi connectivity index (χ4n) is 3.62. The Hall–Kier alpha value is -2.51. The zero-order chi connectivity index (χ0) is 23.4. The molecule has 0 unspecified atom stereocenters. The molecule has 3 aromatic carbocycles. The van der Waals surface area contributed by atoms with Crippen LogP contribution in [0.4, 0.5) is 0 Å². The first-order valence-corrected chi connectivity index (χ1v) is 11.8. The number of hydrogen-bond acceptors (Lipinski definition) is 3. The first-order chi connectivity index (χ1) is 15.9. The van der Waals surface area contributed by atoms with Crippen LogP contribution in [-0.4, -0.2) is 22.1 Å². The first-order valence-electron chi connectivity index (χ1n) is 10.3. The van der Waals surface area contributed by atoms with E-state index in [4.69, 9.17) is 27.9 Å². The average molecular weight is 548 g/mol. The number of rotatable bonds is 9. The standard InChI is InChI=1S/C25H21BrCl2N2O3/c26-18-6-8-24(33-14-15-5-7-19(27)11-21(15)28)17(9-18)13-30-23(25(31)32)10-16-12-29-22-4-2-1-3-20(16)22/h1-9,11-12,23,29-30H,10,13-14H2,(H,31,32)/t23-/m1/s1. The molecule has 0 aliphatic carbocycles. The Morgan fingerprint density at radius 2 is 1.88 bits per heavy atom. The average Bonchev–Trinajstić information content (AvgIpc) is 3.19. The highest BCUT2D eigenvalue weighted by molar-refractivity contribution is 9.10. The molecule has 0 aliphatic heterocycles. The lowest BCUT2D eigenvalue weighted by Crippen LogP contribution is -2.38. The quantitative estimate of drug-likeness (QED) is 0.220. The van der Waals surface area contributed by atoms with Gasteiger partial charge < -0.3 is 14.8 Å². The molecule has 0 saturated carbocycles. The molecule has 4 rings (SSSR count). The highest BCUT2D eigenvalue weighted by Gasteiger charge is 2.20. The SMILES string of the molecule is O=C(O)[C@@H](Cc1c[nH]c2ccccc12)NCc1cc(Br)ccc1OCc1ccc(Cl)cc1Cl. The smallest absolute Gasteiger partial charge is 0.321 e. The molecule has 8 heteroatoms. The van der Waals surface area contributed by atoms with Crippen LogP contribution < -0.4 is 10.1 Å². The molecule has 0 fully saturated rings. The summed E-state index contributed by atoms with van der Waals surface area (Å²) in [6.45, 7) is 0.588. The summed E-state index contributed by atoms with van der Waals surface area (Å²) in [4.78, 5) is 15.2. The van der Waals surface area contributed by atoms with Crippen LogP contribution in [0.3, 0.4) is 0 Å². The summed E-state index contributed by atoms with van der Waals surface area (Å²) >= 11 is 15.7. The van der Waals surface area contributed by atoms with Crippen molar-refractivity contribution in [1.82, 2.24) is 10.3 Å². The Kier molecular flexibility index (Phi) is 7.60. The maximum atomic E-state index is 12.0. The number of benzene rings is 3. The molecule has 4 aromatic rings. The second kappa shape index (κ2) is 10.6. The molecule has 5 nitrogen and oxygen atoms in total. The topological polar surface area (TPSA) is 74.3 Å². The molecular formula is C25H21BrCl2N2O3. The molecule has 0 spiro atoms. The minimum Gasteiger partial charge on any atom is -0.489 e. The lowest BCUT2D eigenvalue weighted by Gasteiger charge is -2.17. The highest BCUT2D eigenvalue weighted by Crippen LogP contribution is 2.27. The van der Waals surface area contributed by atoms with E-state index in [-0.39, 0.29) is 6.61 Å². The number of hydrogen-bond donors (Lipinski definition) is 3. The number of nitrogens with one attached hydrogen (secondary N) is 2. The van der Waals surface area contributed by atoms with Crippen LogP contribution >= 0.6 is 39.1 Å². The highest BCUT2D eigenvalue weighted by atomic mass is 79.9. The Morgan fingerprint density at radius 1 is 1.06 bits per heavy atom. The van der Waals surface area contributed by atoms with E-state index in [9.17, 15) is 9.90 Å². The van der Waals surface area contributed by atoms with Gasteiger partial charge in [-0.15, -0.1) is 0 Å². The molecule has 0 radical (unpaired) electrons. The number of para-hydroxylation sites is 1. The maximum absolute atomic E-state index is 12.0. The Balaban J connectivity index is 1.47. The molecule has 0 bridgehead atoms. The molecule has 0 amide bonds. The van der Waals surface area contributed by atoms with Gasteiger partial charge in [0.15, 0.2) is 0 Å². The van der Waals surface area contributed by atoms with Crippen molar-refractivity contribution in [1.29, 1.82) is 0 Å². The number of halogens is 3. The van der Waals surface area contributed by atoms with Gasteiger partial charge in [0.05, 0.1) is 0 Å². The monoisotopic (exact) mass is 546 g/mol. The number of fused-ring (bicyclic) bond motifs is 1. The van der Waals surface area contributed by atoms with Gasteiger partial charge in [-0.2, -0.15) is 0 Å². The fourth-order valence-corrected chi connectivity index (χ4v) is 4.49. The van der Waals surface area contributed by atoms with Crippen LogP contribution in [0.2, 0.25) is 10.0 Å². The number of aliphatic carboxylic acids is 1. The van der Waals surface area contributed by atoms with Crippen LogP contribution in [0, 0.1) is 0 Å². The van der Waals surface area contributed by atoms with Crippen molar-refractivity contribution in [2.45, 2.75) is 25.6 Å². The zero-order valence-electron chi connectivity index (χ0n) is 17.4. The number of H-pyrrole nitrogens is 1. The van der Waals surface area contributed by atoms with Crippen molar-refractivity contribution in [2.24, 2.45) is 0 Å². The van der Waals surface area contributed by atoms with Gasteiger partial charge in [-0.1, -0.05) is 63.4 Å². The number of ether oxygens (including phenoxy) is 1. The molecule has 3 N–H and O–H groups in total. The van der Waals surface area contributed by atoms with Gasteiger partial charge in [0.1, 0.15) is 18.4 Å². The molecule has 1 atom stereocenters. The van der Waals surface area contributed by atoms with E-state index in [1.54, 1.807) is 12.1 Å². The molecule has 0 aliphatic rings. The van der Waals surface area contributed by atoms with Crippen molar-refractivity contribution in [3.8, 4) is 5.75 Å². The van der Waals surface area contributed by atoms with Crippen molar-refractivity contribution < 1.29 is 14.6 Å². The Labute approximate surface area is 209 Å². The van der Waals surface area contributed by atoms with Gasteiger partial charge in [0.25, 0.3) is 0 Å². The van der Waals surface area contributed by atoms with Crippen LogP contribution in [0.5, 0.6) is 5.75 Å². The van der Waals surface area contributed by atoms with Gasteiger partial charge in [0, 0.05) is 55.7 Å². The summed E-state index contributed by atoms with van der Waals surface area (Å²) in [5, 5.41) is 15.1. The largest absolute Gasteiger partial charge is 0.489 e. The summed E-state index contributed by atoms with van der Waals surface area (Å²) in [7, 11) is 0. The number of carbonyl (C=O) groups is 1. The minimum absolute atomic E-state index is 0.266. The van der Waals surface area contributed by atoms with Crippen LogP contribution in [0.1, 0.15) is 16.7 Å². The van der Waals surface area contributed by atoms with Crippen LogP contribution in [0.25, 0.3) is 10.9 Å². The van der Waals surface area contributed by atoms with Crippen molar-refractivity contribution in [3.63, 3.8) is 0 Å². The van der Waals surface area contributed by atoms with Gasteiger partial charge in [0.2, 0.25) is 0 Å². The fraction of sp³-hybridized carbons (Fsp3) is 0.160. The van der Waals surface area contributed by atoms with Gasteiger partial charge in [-0.25, -0.2) is 0 Å². The van der Waals surface area contributed by atoms with E-state index in [1.807, 2.05) is 54.7 Å². The normalized spacial score (nSPS) is 12.1. The third kappa shape index (κ3) is 5.89.